The molecule has 2 heteroatoms. The molecule has 1 nitrogen and oxygen atoms in total. The summed E-state index contributed by atoms with van der Waals surface area (Å²) in [5.74, 6) is 0. The van der Waals surface area contributed by atoms with Gasteiger partial charge in [0.05, 0.1) is 0 Å². The Bertz CT molecular complexity index is 151. The molecule has 0 unspecified atom stereocenters. The van der Waals surface area contributed by atoms with Crippen molar-refractivity contribution in [1.29, 1.82) is 0 Å². The molecule has 0 radical (unpaired) electrons. The van der Waals surface area contributed by atoms with Crippen molar-refractivity contribution in [3.05, 3.63) is 0 Å². The summed E-state index contributed by atoms with van der Waals surface area (Å²) >= 11 is 3.27. The van der Waals surface area contributed by atoms with Crippen LogP contribution in [0.25, 0.3) is 0 Å². The van der Waals surface area contributed by atoms with Crippen LogP contribution in [0.4, 0.5) is 0 Å². The maximum absolute atomic E-state index is 3.86. The molecule has 0 aromatic carbocycles. The number of halogens is 1. The topological polar surface area (TPSA) is 12.0 Å². The SMILES string of the molecule is C1CCC(NC2CCCCC2)CC1.CC(C)Br. The van der Waals surface area contributed by atoms with E-state index in [0.29, 0.717) is 4.83 Å². The van der Waals surface area contributed by atoms with Crippen molar-refractivity contribution in [2.45, 2.75) is 95.0 Å². The third-order valence-corrected chi connectivity index (χ3v) is 3.68. The van der Waals surface area contributed by atoms with E-state index < -0.39 is 0 Å². The summed E-state index contributed by atoms with van der Waals surface area (Å²) in [5.41, 5.74) is 0. The lowest BCUT2D eigenvalue weighted by molar-refractivity contribution is 0.291. The van der Waals surface area contributed by atoms with Gasteiger partial charge in [0.1, 0.15) is 0 Å². The second-order valence-corrected chi connectivity index (χ2v) is 7.68. The number of nitrogens with one attached hydrogen (secondary N) is 1. The zero-order valence-corrected chi connectivity index (χ0v) is 13.3. The second kappa shape index (κ2) is 9.38. The van der Waals surface area contributed by atoms with E-state index in [1.54, 1.807) is 0 Å². The van der Waals surface area contributed by atoms with Gasteiger partial charge in [0.2, 0.25) is 0 Å². The summed E-state index contributed by atoms with van der Waals surface area (Å²) < 4.78 is 0. The quantitative estimate of drug-likeness (QED) is 0.705. The molecule has 17 heavy (non-hydrogen) atoms. The van der Waals surface area contributed by atoms with E-state index in [9.17, 15) is 0 Å². The molecular weight excluding hydrogens is 274 g/mol. The molecular formula is C15H30BrN. The Hall–Kier alpha value is 0.440. The fraction of sp³-hybridized carbons (Fsp3) is 1.00. The van der Waals surface area contributed by atoms with E-state index in [1.807, 2.05) is 0 Å². The molecule has 0 aromatic rings. The Morgan fingerprint density at radius 1 is 0.765 bits per heavy atom. The first-order valence-electron chi connectivity index (χ1n) is 7.58. The maximum Gasteiger partial charge on any atom is 0.00888 e. The number of rotatable bonds is 2. The van der Waals surface area contributed by atoms with Crippen LogP contribution in [0.2, 0.25) is 0 Å². The van der Waals surface area contributed by atoms with Crippen LogP contribution < -0.4 is 5.32 Å². The Morgan fingerprint density at radius 2 is 1.06 bits per heavy atom. The van der Waals surface area contributed by atoms with Gasteiger partial charge in [-0.3, -0.25) is 0 Å². The summed E-state index contributed by atoms with van der Waals surface area (Å²) in [7, 11) is 0. The predicted octanol–water partition coefficient (Wildman–Crippen LogP) is 5.03. The van der Waals surface area contributed by atoms with E-state index in [-0.39, 0.29) is 0 Å². The van der Waals surface area contributed by atoms with Crippen LogP contribution in [0.1, 0.15) is 78.1 Å². The first-order chi connectivity index (χ1) is 8.18. The molecule has 0 aliphatic heterocycles. The minimum atomic E-state index is 0.646. The Balaban J connectivity index is 0.000000317. The van der Waals surface area contributed by atoms with Crippen molar-refractivity contribution in [3.63, 3.8) is 0 Å². The van der Waals surface area contributed by atoms with E-state index in [2.05, 4.69) is 35.1 Å². The Kier molecular flexibility index (Phi) is 8.55. The standard InChI is InChI=1S/C12H23N.C3H7Br/c1-3-7-11(8-4-1)13-12-9-5-2-6-10-12;1-3(2)4/h11-13H,1-10H2;3H,1-2H3. The number of hydrogen-bond donors (Lipinski definition) is 1. The predicted molar refractivity (Wildman–Crippen MR) is 80.9 cm³/mol. The van der Waals surface area contributed by atoms with E-state index >= 15 is 0 Å². The zero-order chi connectivity index (χ0) is 12.5. The van der Waals surface area contributed by atoms with Gasteiger partial charge in [-0.2, -0.15) is 0 Å². The fourth-order valence-corrected chi connectivity index (χ4v) is 2.87. The number of hydrogen-bond acceptors (Lipinski definition) is 1. The highest BCUT2D eigenvalue weighted by molar-refractivity contribution is 9.09. The second-order valence-electron chi connectivity index (χ2n) is 5.85. The molecule has 2 saturated carbocycles. The van der Waals surface area contributed by atoms with Crippen LogP contribution in [0.5, 0.6) is 0 Å². The first-order valence-corrected chi connectivity index (χ1v) is 8.50. The molecule has 0 aromatic heterocycles. The van der Waals surface area contributed by atoms with Gasteiger partial charge in [-0.1, -0.05) is 68.3 Å². The summed E-state index contributed by atoms with van der Waals surface area (Å²) in [6, 6.07) is 1.74. The van der Waals surface area contributed by atoms with Crippen LogP contribution in [0, 0.1) is 0 Å². The van der Waals surface area contributed by atoms with Crippen molar-refractivity contribution >= 4 is 15.9 Å². The molecule has 0 amide bonds. The molecule has 0 bridgehead atoms. The van der Waals surface area contributed by atoms with Gasteiger partial charge in [-0.15, -0.1) is 0 Å². The van der Waals surface area contributed by atoms with Crippen molar-refractivity contribution in [2.24, 2.45) is 0 Å². The maximum atomic E-state index is 3.86. The van der Waals surface area contributed by atoms with Gasteiger partial charge in [-0.05, 0) is 25.7 Å². The van der Waals surface area contributed by atoms with Crippen LogP contribution in [0.15, 0.2) is 0 Å². The van der Waals surface area contributed by atoms with Gasteiger partial charge in [0.15, 0.2) is 0 Å². The van der Waals surface area contributed by atoms with Gasteiger partial charge in [-0.25, -0.2) is 0 Å². The largest absolute Gasteiger partial charge is 0.311 e. The molecule has 2 aliphatic carbocycles. The smallest absolute Gasteiger partial charge is 0.00888 e. The highest BCUT2D eigenvalue weighted by Gasteiger charge is 2.19. The van der Waals surface area contributed by atoms with Gasteiger partial charge < -0.3 is 5.32 Å². The van der Waals surface area contributed by atoms with Crippen LogP contribution >= 0.6 is 15.9 Å². The van der Waals surface area contributed by atoms with E-state index in [1.165, 1.54) is 64.2 Å². The lowest BCUT2D eigenvalue weighted by Gasteiger charge is -2.30. The summed E-state index contributed by atoms with van der Waals surface area (Å²) in [5, 5.41) is 3.86. The van der Waals surface area contributed by atoms with Crippen molar-refractivity contribution in [2.75, 3.05) is 0 Å². The van der Waals surface area contributed by atoms with Crippen LogP contribution in [0.3, 0.4) is 0 Å². The minimum Gasteiger partial charge on any atom is -0.311 e. The van der Waals surface area contributed by atoms with E-state index in [4.69, 9.17) is 0 Å². The lowest BCUT2D eigenvalue weighted by atomic mass is 9.91. The molecule has 0 atom stereocenters. The molecule has 1 N–H and O–H groups in total. The Morgan fingerprint density at radius 3 is 1.35 bits per heavy atom. The molecule has 2 rings (SSSR count). The third kappa shape index (κ3) is 8.20. The minimum absolute atomic E-state index is 0.646. The molecule has 0 spiro atoms. The van der Waals surface area contributed by atoms with Gasteiger partial charge >= 0.3 is 0 Å². The summed E-state index contributed by atoms with van der Waals surface area (Å²) in [6.07, 6.45) is 14.6. The van der Waals surface area contributed by atoms with Crippen LogP contribution in [-0.4, -0.2) is 16.9 Å². The summed E-state index contributed by atoms with van der Waals surface area (Å²) in [6.45, 7) is 4.17. The highest BCUT2D eigenvalue weighted by atomic mass is 79.9. The molecule has 2 fully saturated rings. The van der Waals surface area contributed by atoms with Crippen LogP contribution in [-0.2, 0) is 0 Å². The van der Waals surface area contributed by atoms with Gasteiger partial charge in [0, 0.05) is 16.9 Å². The fourth-order valence-electron chi connectivity index (χ4n) is 2.87. The monoisotopic (exact) mass is 303 g/mol. The van der Waals surface area contributed by atoms with E-state index in [0.717, 1.165) is 12.1 Å². The molecule has 2 aliphatic rings. The Labute approximate surface area is 116 Å². The molecule has 102 valence electrons. The van der Waals surface area contributed by atoms with Crippen molar-refractivity contribution in [3.8, 4) is 0 Å². The zero-order valence-electron chi connectivity index (χ0n) is 11.7. The van der Waals surface area contributed by atoms with Crippen molar-refractivity contribution < 1.29 is 0 Å². The average Bonchev–Trinajstić information content (AvgIpc) is 2.31. The third-order valence-electron chi connectivity index (χ3n) is 3.68. The first kappa shape index (κ1) is 15.5. The normalized spacial score (nSPS) is 23.3. The molecule has 0 saturated heterocycles. The van der Waals surface area contributed by atoms with Crippen molar-refractivity contribution in [1.82, 2.24) is 5.32 Å². The highest BCUT2D eigenvalue weighted by Crippen LogP contribution is 2.22. The number of alkyl halides is 1. The lowest BCUT2D eigenvalue weighted by Crippen LogP contribution is -2.40. The van der Waals surface area contributed by atoms with Gasteiger partial charge in [0.25, 0.3) is 0 Å². The average molecular weight is 304 g/mol. The molecule has 0 heterocycles. The summed E-state index contributed by atoms with van der Waals surface area (Å²) in [4.78, 5) is 0.646.